The van der Waals surface area contributed by atoms with E-state index in [0.29, 0.717) is 17.5 Å². The zero-order valence-electron chi connectivity index (χ0n) is 21.7. The van der Waals surface area contributed by atoms with Crippen LogP contribution in [0.2, 0.25) is 0 Å². The minimum absolute atomic E-state index is 0.304. The van der Waals surface area contributed by atoms with Gasteiger partial charge < -0.3 is 20.4 Å². The molecule has 2 rings (SSSR count). The van der Waals surface area contributed by atoms with Crippen molar-refractivity contribution in [3.05, 3.63) is 70.8 Å². The number of rotatable bonds is 12. The van der Waals surface area contributed by atoms with Gasteiger partial charge in [0.25, 0.3) is 0 Å². The molecule has 0 heterocycles. The summed E-state index contributed by atoms with van der Waals surface area (Å²) in [6.07, 6.45) is 7.73. The van der Waals surface area contributed by atoms with Crippen LogP contribution in [-0.4, -0.2) is 44.6 Å². The third-order valence-corrected chi connectivity index (χ3v) is 5.27. The topological polar surface area (TPSA) is 115 Å². The Hall–Kier alpha value is -2.70. The Bertz CT molecular complexity index is 745. The number of aliphatic hydroxyl groups excluding tert-OH is 2. The molecule has 0 aliphatic rings. The summed E-state index contributed by atoms with van der Waals surface area (Å²) in [5, 5.41) is 35.8. The van der Waals surface area contributed by atoms with Crippen molar-refractivity contribution in [2.24, 2.45) is 0 Å². The van der Waals surface area contributed by atoms with Crippen LogP contribution >= 0.6 is 0 Å². The van der Waals surface area contributed by atoms with Gasteiger partial charge in [0.05, 0.1) is 23.3 Å². The van der Waals surface area contributed by atoms with Crippen LogP contribution in [0, 0.1) is 0 Å². The molecular formula is C29H44O6. The van der Waals surface area contributed by atoms with Crippen molar-refractivity contribution in [2.75, 3.05) is 0 Å². The summed E-state index contributed by atoms with van der Waals surface area (Å²) in [7, 11) is 0. The summed E-state index contributed by atoms with van der Waals surface area (Å²) >= 11 is 0. The molecule has 2 atom stereocenters. The SMILES string of the molecule is CCCC(O)CC(O)CCC.CCCc1ccc(C(=O)O)cc1.CCCc1ccc(C(=O)O)cc1. The molecule has 35 heavy (non-hydrogen) atoms. The predicted octanol–water partition coefficient (Wildman–Crippen LogP) is 6.37. The Morgan fingerprint density at radius 3 is 1.14 bits per heavy atom. The number of aromatic carboxylic acids is 2. The highest BCUT2D eigenvalue weighted by Gasteiger charge is 2.09. The van der Waals surface area contributed by atoms with Gasteiger partial charge in [-0.3, -0.25) is 0 Å². The molecule has 0 saturated heterocycles. The van der Waals surface area contributed by atoms with Crippen LogP contribution in [0.3, 0.4) is 0 Å². The number of benzene rings is 2. The number of aliphatic hydroxyl groups is 2. The van der Waals surface area contributed by atoms with E-state index >= 15 is 0 Å². The Kier molecular flexibility index (Phi) is 18.1. The third-order valence-electron chi connectivity index (χ3n) is 5.27. The first-order valence-corrected chi connectivity index (χ1v) is 12.7. The molecule has 6 nitrogen and oxygen atoms in total. The van der Waals surface area contributed by atoms with Crippen LogP contribution in [0.15, 0.2) is 48.5 Å². The fraction of sp³-hybridized carbons (Fsp3) is 0.517. The Morgan fingerprint density at radius 1 is 0.600 bits per heavy atom. The molecule has 0 amide bonds. The number of hydrogen-bond acceptors (Lipinski definition) is 4. The number of carboxylic acid groups (broad SMARTS) is 2. The highest BCUT2D eigenvalue weighted by molar-refractivity contribution is 5.87. The van der Waals surface area contributed by atoms with Gasteiger partial charge in [-0.15, -0.1) is 0 Å². The molecule has 2 unspecified atom stereocenters. The van der Waals surface area contributed by atoms with Crippen molar-refractivity contribution in [3.63, 3.8) is 0 Å². The van der Waals surface area contributed by atoms with Crippen molar-refractivity contribution in [3.8, 4) is 0 Å². The second-order valence-corrected chi connectivity index (χ2v) is 8.62. The van der Waals surface area contributed by atoms with Gasteiger partial charge >= 0.3 is 11.9 Å². The zero-order valence-corrected chi connectivity index (χ0v) is 21.7. The standard InChI is InChI=1S/2C10H12O2.C9H20O2/c2*1-2-3-8-4-6-9(7-5-8)10(11)12;1-3-5-8(10)7-9(11)6-4-2/h2*4-7H,2-3H2,1H3,(H,11,12);8-11H,3-7H2,1-2H3. The molecule has 0 aliphatic heterocycles. The number of aryl methyl sites for hydroxylation is 2. The second-order valence-electron chi connectivity index (χ2n) is 8.62. The molecule has 4 N–H and O–H groups in total. The normalized spacial score (nSPS) is 11.8. The lowest BCUT2D eigenvalue weighted by atomic mass is 10.0. The van der Waals surface area contributed by atoms with E-state index in [-0.39, 0.29) is 12.2 Å². The van der Waals surface area contributed by atoms with Crippen LogP contribution in [0.4, 0.5) is 0 Å². The molecule has 0 bridgehead atoms. The Balaban J connectivity index is 0.000000496. The molecule has 2 aromatic rings. The fourth-order valence-corrected chi connectivity index (χ4v) is 3.42. The van der Waals surface area contributed by atoms with E-state index in [1.807, 2.05) is 38.1 Å². The number of carbonyl (C=O) groups is 2. The van der Waals surface area contributed by atoms with Gasteiger partial charge in [-0.25, -0.2) is 9.59 Å². The molecule has 0 saturated carbocycles. The maximum absolute atomic E-state index is 10.5. The van der Waals surface area contributed by atoms with Crippen molar-refractivity contribution < 1.29 is 30.0 Å². The average molecular weight is 489 g/mol. The maximum Gasteiger partial charge on any atom is 0.335 e. The van der Waals surface area contributed by atoms with E-state index in [2.05, 4.69) is 13.8 Å². The van der Waals surface area contributed by atoms with E-state index in [9.17, 15) is 19.8 Å². The molecule has 0 spiro atoms. The summed E-state index contributed by atoms with van der Waals surface area (Å²) in [6.45, 7) is 8.28. The molecule has 0 aromatic heterocycles. The molecule has 196 valence electrons. The summed E-state index contributed by atoms with van der Waals surface area (Å²) < 4.78 is 0. The minimum Gasteiger partial charge on any atom is -0.478 e. The maximum atomic E-state index is 10.5. The van der Waals surface area contributed by atoms with E-state index in [1.165, 1.54) is 11.1 Å². The predicted molar refractivity (Wildman–Crippen MR) is 141 cm³/mol. The van der Waals surface area contributed by atoms with Gasteiger partial charge in [-0.05, 0) is 67.5 Å². The fourth-order valence-electron chi connectivity index (χ4n) is 3.42. The highest BCUT2D eigenvalue weighted by atomic mass is 16.4. The summed E-state index contributed by atoms with van der Waals surface area (Å²) in [4.78, 5) is 20.9. The van der Waals surface area contributed by atoms with E-state index in [0.717, 1.165) is 51.4 Å². The first kappa shape index (κ1) is 32.3. The smallest absolute Gasteiger partial charge is 0.335 e. The third kappa shape index (κ3) is 15.8. The molecular weight excluding hydrogens is 444 g/mol. The highest BCUT2D eigenvalue weighted by Crippen LogP contribution is 2.09. The van der Waals surface area contributed by atoms with Crippen molar-refractivity contribution in [1.82, 2.24) is 0 Å². The van der Waals surface area contributed by atoms with Gasteiger partial charge in [0.15, 0.2) is 0 Å². The summed E-state index contributed by atoms with van der Waals surface area (Å²) in [5.41, 5.74) is 3.11. The van der Waals surface area contributed by atoms with Gasteiger partial charge in [-0.1, -0.05) is 77.6 Å². The lowest BCUT2D eigenvalue weighted by Crippen LogP contribution is -2.16. The van der Waals surface area contributed by atoms with E-state index in [1.54, 1.807) is 24.3 Å². The van der Waals surface area contributed by atoms with Gasteiger partial charge in [-0.2, -0.15) is 0 Å². The van der Waals surface area contributed by atoms with Crippen molar-refractivity contribution >= 4 is 11.9 Å². The van der Waals surface area contributed by atoms with Crippen LogP contribution in [0.5, 0.6) is 0 Å². The average Bonchev–Trinajstić information content (AvgIpc) is 2.81. The van der Waals surface area contributed by atoms with E-state index in [4.69, 9.17) is 10.2 Å². The molecule has 2 aromatic carbocycles. The molecule has 6 heteroatoms. The summed E-state index contributed by atoms with van der Waals surface area (Å²) in [5.74, 6) is -1.73. The Morgan fingerprint density at radius 2 is 0.914 bits per heavy atom. The molecule has 0 radical (unpaired) electrons. The van der Waals surface area contributed by atoms with Gasteiger partial charge in [0.1, 0.15) is 0 Å². The monoisotopic (exact) mass is 488 g/mol. The minimum atomic E-state index is -0.863. The van der Waals surface area contributed by atoms with Crippen molar-refractivity contribution in [1.29, 1.82) is 0 Å². The Labute approximate surface area is 210 Å². The molecule has 0 fully saturated rings. The van der Waals surface area contributed by atoms with Gasteiger partial charge in [0, 0.05) is 0 Å². The lowest BCUT2D eigenvalue weighted by molar-refractivity contribution is 0.0686. The first-order chi connectivity index (χ1) is 16.7. The number of hydrogen-bond donors (Lipinski definition) is 4. The largest absolute Gasteiger partial charge is 0.478 e. The lowest BCUT2D eigenvalue weighted by Gasteiger charge is -2.13. The quantitative estimate of drug-likeness (QED) is 0.276. The van der Waals surface area contributed by atoms with Gasteiger partial charge in [0.2, 0.25) is 0 Å². The zero-order chi connectivity index (χ0) is 26.6. The van der Waals surface area contributed by atoms with Crippen LogP contribution in [0.25, 0.3) is 0 Å². The van der Waals surface area contributed by atoms with Crippen LogP contribution < -0.4 is 0 Å². The van der Waals surface area contributed by atoms with E-state index < -0.39 is 11.9 Å². The number of carboxylic acids is 2. The van der Waals surface area contributed by atoms with Crippen molar-refractivity contribution in [2.45, 2.75) is 97.7 Å². The second kappa shape index (κ2) is 19.6. The van der Waals surface area contributed by atoms with Crippen LogP contribution in [0.1, 0.15) is 104 Å². The molecule has 0 aliphatic carbocycles. The first-order valence-electron chi connectivity index (χ1n) is 12.7. The summed E-state index contributed by atoms with van der Waals surface area (Å²) in [6, 6.07) is 14.1. The van der Waals surface area contributed by atoms with Crippen LogP contribution in [-0.2, 0) is 12.8 Å².